The maximum absolute atomic E-state index is 11.0. The minimum atomic E-state index is -0.232. The SMILES string of the molecule is CC12CCCCCC1NC(=O)O2. The molecule has 68 valence electrons. The Morgan fingerprint density at radius 1 is 1.50 bits per heavy atom. The second-order valence-corrected chi connectivity index (χ2v) is 4.00. The molecule has 1 saturated carbocycles. The van der Waals surface area contributed by atoms with Gasteiger partial charge in [0.2, 0.25) is 0 Å². The van der Waals surface area contributed by atoms with E-state index in [2.05, 4.69) is 5.32 Å². The Kier molecular flexibility index (Phi) is 1.74. The highest BCUT2D eigenvalue weighted by atomic mass is 16.6. The van der Waals surface area contributed by atoms with Crippen LogP contribution >= 0.6 is 0 Å². The van der Waals surface area contributed by atoms with Gasteiger partial charge in [0, 0.05) is 0 Å². The fraction of sp³-hybridized carbons (Fsp3) is 0.889. The minimum Gasteiger partial charge on any atom is -0.441 e. The lowest BCUT2D eigenvalue weighted by Gasteiger charge is -2.25. The van der Waals surface area contributed by atoms with Crippen molar-refractivity contribution in [1.82, 2.24) is 5.32 Å². The zero-order valence-corrected chi connectivity index (χ0v) is 7.43. The van der Waals surface area contributed by atoms with E-state index in [1.165, 1.54) is 19.3 Å². The number of fused-ring (bicyclic) bond motifs is 1. The van der Waals surface area contributed by atoms with Crippen molar-refractivity contribution in [1.29, 1.82) is 0 Å². The van der Waals surface area contributed by atoms with E-state index >= 15 is 0 Å². The maximum Gasteiger partial charge on any atom is 0.408 e. The molecule has 2 atom stereocenters. The fourth-order valence-corrected chi connectivity index (χ4v) is 2.21. The van der Waals surface area contributed by atoms with Crippen molar-refractivity contribution in [2.24, 2.45) is 0 Å². The first-order valence-corrected chi connectivity index (χ1v) is 4.70. The molecule has 1 amide bonds. The first-order chi connectivity index (χ1) is 5.71. The molecular formula is C9H15NO2. The Hall–Kier alpha value is -0.730. The number of ether oxygens (including phenoxy) is 1. The van der Waals surface area contributed by atoms with E-state index in [1.807, 2.05) is 6.92 Å². The third kappa shape index (κ3) is 1.17. The van der Waals surface area contributed by atoms with Crippen LogP contribution in [0.15, 0.2) is 0 Å². The molecule has 3 nitrogen and oxygen atoms in total. The van der Waals surface area contributed by atoms with E-state index in [1.54, 1.807) is 0 Å². The van der Waals surface area contributed by atoms with Gasteiger partial charge in [-0.3, -0.25) is 0 Å². The fourth-order valence-electron chi connectivity index (χ4n) is 2.21. The zero-order chi connectivity index (χ0) is 8.60. The predicted molar refractivity (Wildman–Crippen MR) is 44.9 cm³/mol. The van der Waals surface area contributed by atoms with Crippen LogP contribution in [0.1, 0.15) is 39.0 Å². The van der Waals surface area contributed by atoms with E-state index in [-0.39, 0.29) is 17.7 Å². The summed E-state index contributed by atoms with van der Waals surface area (Å²) in [7, 11) is 0. The highest BCUT2D eigenvalue weighted by molar-refractivity contribution is 5.71. The minimum absolute atomic E-state index is 0.215. The first kappa shape index (κ1) is 7.90. The molecule has 1 N–H and O–H groups in total. The van der Waals surface area contributed by atoms with Gasteiger partial charge in [-0.05, 0) is 26.2 Å². The van der Waals surface area contributed by atoms with Crippen LogP contribution in [0.4, 0.5) is 4.79 Å². The molecule has 0 aromatic heterocycles. The third-order valence-corrected chi connectivity index (χ3v) is 3.02. The van der Waals surface area contributed by atoms with Gasteiger partial charge in [-0.15, -0.1) is 0 Å². The van der Waals surface area contributed by atoms with Gasteiger partial charge < -0.3 is 10.1 Å². The summed E-state index contributed by atoms with van der Waals surface area (Å²) in [5, 5.41) is 2.88. The molecule has 1 saturated heterocycles. The average Bonchev–Trinajstić information content (AvgIpc) is 2.14. The van der Waals surface area contributed by atoms with Crippen molar-refractivity contribution >= 4 is 6.09 Å². The van der Waals surface area contributed by atoms with Crippen molar-refractivity contribution in [3.63, 3.8) is 0 Å². The van der Waals surface area contributed by atoms with Crippen molar-refractivity contribution in [3.05, 3.63) is 0 Å². The Morgan fingerprint density at radius 3 is 3.17 bits per heavy atom. The number of amides is 1. The van der Waals surface area contributed by atoms with Gasteiger partial charge in [-0.25, -0.2) is 4.79 Å². The summed E-state index contributed by atoms with van der Waals surface area (Å²) in [5.41, 5.74) is -0.215. The van der Waals surface area contributed by atoms with E-state index in [4.69, 9.17) is 4.74 Å². The number of hydrogen-bond acceptors (Lipinski definition) is 2. The molecule has 0 aromatic rings. The number of nitrogens with one attached hydrogen (secondary N) is 1. The summed E-state index contributed by atoms with van der Waals surface area (Å²) >= 11 is 0. The standard InChI is InChI=1S/C9H15NO2/c1-9-6-4-2-3-5-7(9)10-8(11)12-9/h7H,2-6H2,1H3,(H,10,11). The van der Waals surface area contributed by atoms with Crippen LogP contribution in [0.5, 0.6) is 0 Å². The Morgan fingerprint density at radius 2 is 2.33 bits per heavy atom. The van der Waals surface area contributed by atoms with Crippen molar-refractivity contribution < 1.29 is 9.53 Å². The van der Waals surface area contributed by atoms with Crippen LogP contribution in [-0.2, 0) is 4.74 Å². The van der Waals surface area contributed by atoms with Gasteiger partial charge in [-0.1, -0.05) is 12.8 Å². The molecule has 0 aromatic carbocycles. The number of alkyl carbamates (subject to hydrolysis) is 1. The Bertz CT molecular complexity index is 205. The molecule has 0 bridgehead atoms. The van der Waals surface area contributed by atoms with Crippen LogP contribution in [0.3, 0.4) is 0 Å². The molecule has 2 unspecified atom stereocenters. The normalized spacial score (nSPS) is 41.1. The third-order valence-electron chi connectivity index (χ3n) is 3.02. The van der Waals surface area contributed by atoms with Gasteiger partial charge in [0.05, 0.1) is 6.04 Å². The van der Waals surface area contributed by atoms with Crippen LogP contribution < -0.4 is 5.32 Å². The van der Waals surface area contributed by atoms with E-state index < -0.39 is 0 Å². The first-order valence-electron chi connectivity index (χ1n) is 4.70. The lowest BCUT2D eigenvalue weighted by atomic mass is 9.92. The lowest BCUT2D eigenvalue weighted by Crippen LogP contribution is -2.39. The van der Waals surface area contributed by atoms with Crippen LogP contribution in [0.2, 0.25) is 0 Å². The van der Waals surface area contributed by atoms with Gasteiger partial charge in [0.1, 0.15) is 5.60 Å². The van der Waals surface area contributed by atoms with Crippen molar-refractivity contribution in [2.75, 3.05) is 0 Å². The molecule has 0 radical (unpaired) electrons. The predicted octanol–water partition coefficient (Wildman–Crippen LogP) is 1.82. The summed E-state index contributed by atoms with van der Waals surface area (Å²) < 4.78 is 5.28. The Labute approximate surface area is 72.5 Å². The molecule has 1 heterocycles. The van der Waals surface area contributed by atoms with Crippen LogP contribution in [0.25, 0.3) is 0 Å². The summed E-state index contributed by atoms with van der Waals surface area (Å²) in [6.07, 6.45) is 5.51. The van der Waals surface area contributed by atoms with Crippen LogP contribution in [-0.4, -0.2) is 17.7 Å². The number of rotatable bonds is 0. The maximum atomic E-state index is 11.0. The lowest BCUT2D eigenvalue weighted by molar-refractivity contribution is 0.0466. The summed E-state index contributed by atoms with van der Waals surface area (Å²) in [6.45, 7) is 2.04. The molecule has 0 spiro atoms. The highest BCUT2D eigenvalue weighted by Crippen LogP contribution is 2.33. The quantitative estimate of drug-likeness (QED) is 0.600. The monoisotopic (exact) mass is 169 g/mol. The molecule has 1 aliphatic carbocycles. The largest absolute Gasteiger partial charge is 0.441 e. The van der Waals surface area contributed by atoms with Gasteiger partial charge >= 0.3 is 6.09 Å². The second-order valence-electron chi connectivity index (χ2n) is 4.00. The number of hydrogen-bond donors (Lipinski definition) is 1. The molecule has 2 rings (SSSR count). The second kappa shape index (κ2) is 2.64. The molecule has 12 heavy (non-hydrogen) atoms. The summed E-state index contributed by atoms with van der Waals surface area (Å²) in [5.74, 6) is 0. The van der Waals surface area contributed by atoms with E-state index in [0.29, 0.717) is 0 Å². The van der Waals surface area contributed by atoms with Crippen LogP contribution in [0, 0.1) is 0 Å². The molecule has 2 aliphatic rings. The zero-order valence-electron chi connectivity index (χ0n) is 7.43. The molecule has 1 aliphatic heterocycles. The van der Waals surface area contributed by atoms with Gasteiger partial charge in [0.15, 0.2) is 0 Å². The van der Waals surface area contributed by atoms with Crippen molar-refractivity contribution in [3.8, 4) is 0 Å². The molecular weight excluding hydrogens is 154 g/mol. The highest BCUT2D eigenvalue weighted by Gasteiger charge is 2.45. The summed E-state index contributed by atoms with van der Waals surface area (Å²) in [4.78, 5) is 11.0. The summed E-state index contributed by atoms with van der Waals surface area (Å²) in [6, 6.07) is 0.257. The van der Waals surface area contributed by atoms with E-state index in [0.717, 1.165) is 12.8 Å². The molecule has 3 heteroatoms. The number of carbonyl (C=O) groups excluding carboxylic acids is 1. The average molecular weight is 169 g/mol. The topological polar surface area (TPSA) is 38.3 Å². The number of carbonyl (C=O) groups is 1. The molecule has 2 fully saturated rings. The van der Waals surface area contributed by atoms with Crippen molar-refractivity contribution in [2.45, 2.75) is 50.7 Å². The smallest absolute Gasteiger partial charge is 0.408 e. The van der Waals surface area contributed by atoms with E-state index in [9.17, 15) is 4.79 Å². The Balaban J connectivity index is 2.15. The van der Waals surface area contributed by atoms with Gasteiger partial charge in [0.25, 0.3) is 0 Å². The van der Waals surface area contributed by atoms with Gasteiger partial charge in [-0.2, -0.15) is 0 Å².